The zero-order valence-electron chi connectivity index (χ0n) is 17.4. The van der Waals surface area contributed by atoms with Crippen LogP contribution < -0.4 is 9.47 Å². The van der Waals surface area contributed by atoms with Gasteiger partial charge in [0.2, 0.25) is 0 Å². The van der Waals surface area contributed by atoms with Crippen LogP contribution >= 0.6 is 11.8 Å². The van der Waals surface area contributed by atoms with Gasteiger partial charge in [-0.05, 0) is 55.2 Å². The van der Waals surface area contributed by atoms with E-state index in [2.05, 4.69) is 57.2 Å². The van der Waals surface area contributed by atoms with Crippen molar-refractivity contribution in [3.63, 3.8) is 0 Å². The van der Waals surface area contributed by atoms with Crippen molar-refractivity contribution < 1.29 is 14.2 Å². The molecule has 2 aliphatic heterocycles. The van der Waals surface area contributed by atoms with E-state index in [0.717, 1.165) is 17.9 Å². The first-order chi connectivity index (χ1) is 13.5. The summed E-state index contributed by atoms with van der Waals surface area (Å²) in [7, 11) is 1.78. The van der Waals surface area contributed by atoms with Crippen molar-refractivity contribution in [2.24, 2.45) is 5.92 Å². The molecule has 2 fully saturated rings. The molecular weight excluding hydrogens is 368 g/mol. The van der Waals surface area contributed by atoms with Gasteiger partial charge < -0.3 is 14.2 Å². The van der Waals surface area contributed by atoms with Gasteiger partial charge in [0.15, 0.2) is 0 Å². The summed E-state index contributed by atoms with van der Waals surface area (Å²) in [5.41, 5.74) is 5.24. The van der Waals surface area contributed by atoms with Gasteiger partial charge in [-0.2, -0.15) is 0 Å². The molecule has 4 rings (SSSR count). The number of hydrogen-bond acceptors (Lipinski definition) is 4. The number of benzene rings is 2. The lowest BCUT2D eigenvalue weighted by Crippen LogP contribution is -2.26. The largest absolute Gasteiger partial charge is 0.496 e. The van der Waals surface area contributed by atoms with E-state index in [0.29, 0.717) is 35.2 Å². The molecule has 0 amide bonds. The second-order valence-electron chi connectivity index (χ2n) is 7.96. The Kier molecular flexibility index (Phi) is 5.62. The molecule has 2 heterocycles. The molecule has 0 aliphatic carbocycles. The summed E-state index contributed by atoms with van der Waals surface area (Å²) in [5, 5.41) is 0.945. The van der Waals surface area contributed by atoms with Crippen LogP contribution in [0.1, 0.15) is 48.3 Å². The fourth-order valence-corrected chi connectivity index (χ4v) is 5.89. The molecule has 150 valence electrons. The monoisotopic (exact) mass is 398 g/mol. The fourth-order valence-electron chi connectivity index (χ4n) is 4.32. The van der Waals surface area contributed by atoms with Crippen molar-refractivity contribution in [2.45, 2.75) is 56.8 Å². The lowest BCUT2D eigenvalue weighted by atomic mass is 9.90. The Morgan fingerprint density at radius 3 is 2.50 bits per heavy atom. The third-order valence-electron chi connectivity index (χ3n) is 6.00. The zero-order chi connectivity index (χ0) is 19.8. The maximum atomic E-state index is 5.93. The molecular formula is C24H30O3S. The number of epoxide rings is 1. The zero-order valence-corrected chi connectivity index (χ0v) is 18.2. The average molecular weight is 399 g/mol. The number of methoxy groups -OCH3 is 1. The molecule has 0 saturated carbocycles. The second kappa shape index (κ2) is 8.00. The molecule has 28 heavy (non-hydrogen) atoms. The summed E-state index contributed by atoms with van der Waals surface area (Å²) in [6.07, 6.45) is 1.76. The molecule has 0 radical (unpaired) electrons. The second-order valence-corrected chi connectivity index (χ2v) is 9.48. The molecule has 2 aromatic rings. The van der Waals surface area contributed by atoms with Crippen LogP contribution in [0.4, 0.5) is 0 Å². The number of ether oxygens (including phenoxy) is 3. The van der Waals surface area contributed by atoms with Gasteiger partial charge in [-0.25, -0.2) is 0 Å². The predicted octanol–water partition coefficient (Wildman–Crippen LogP) is 5.57. The van der Waals surface area contributed by atoms with Crippen molar-refractivity contribution in [3.05, 3.63) is 58.7 Å². The Balaban J connectivity index is 1.62. The number of rotatable bonds is 6. The fraction of sp³-hybridized carbons (Fsp3) is 0.500. The minimum atomic E-state index is 0.404. The summed E-state index contributed by atoms with van der Waals surface area (Å²) >= 11 is 2.03. The van der Waals surface area contributed by atoms with Crippen LogP contribution in [0.5, 0.6) is 11.5 Å². The summed E-state index contributed by atoms with van der Waals surface area (Å²) in [5.74, 6) is 2.43. The van der Waals surface area contributed by atoms with Gasteiger partial charge in [0.05, 0.1) is 25.9 Å². The molecule has 0 N–H and O–H groups in total. The van der Waals surface area contributed by atoms with Crippen LogP contribution in [-0.4, -0.2) is 31.2 Å². The summed E-state index contributed by atoms with van der Waals surface area (Å²) in [4.78, 5) is 0. The van der Waals surface area contributed by atoms with Crippen LogP contribution in [0.2, 0.25) is 0 Å². The van der Waals surface area contributed by atoms with Gasteiger partial charge in [0, 0.05) is 22.0 Å². The van der Waals surface area contributed by atoms with Crippen molar-refractivity contribution in [2.75, 3.05) is 13.7 Å². The normalized spacial score (nSPS) is 28.5. The van der Waals surface area contributed by atoms with E-state index in [9.17, 15) is 0 Å². The molecule has 2 saturated heterocycles. The summed E-state index contributed by atoms with van der Waals surface area (Å²) in [6, 6.07) is 13.0. The molecule has 5 unspecified atom stereocenters. The molecule has 5 atom stereocenters. The number of aryl methyl sites for hydroxylation is 1. The van der Waals surface area contributed by atoms with Crippen molar-refractivity contribution in [3.8, 4) is 11.5 Å². The van der Waals surface area contributed by atoms with Crippen LogP contribution in [-0.2, 0) is 11.2 Å². The number of thioether (sulfide) groups is 1. The molecule has 0 spiro atoms. The molecule has 2 aliphatic rings. The molecule has 3 nitrogen and oxygen atoms in total. The van der Waals surface area contributed by atoms with Crippen molar-refractivity contribution in [1.29, 1.82) is 0 Å². The van der Waals surface area contributed by atoms with Gasteiger partial charge in [-0.15, -0.1) is 11.8 Å². The smallest absolute Gasteiger partial charge is 0.123 e. The highest BCUT2D eigenvalue weighted by molar-refractivity contribution is 8.00. The van der Waals surface area contributed by atoms with Crippen LogP contribution in [0, 0.1) is 12.8 Å². The topological polar surface area (TPSA) is 31.0 Å². The van der Waals surface area contributed by atoms with E-state index in [-0.39, 0.29) is 0 Å². The lowest BCUT2D eigenvalue weighted by molar-refractivity contribution is 0.325. The van der Waals surface area contributed by atoms with E-state index in [1.165, 1.54) is 22.3 Å². The molecule has 0 bridgehead atoms. The molecule has 0 aromatic heterocycles. The minimum Gasteiger partial charge on any atom is -0.496 e. The van der Waals surface area contributed by atoms with E-state index >= 15 is 0 Å². The first-order valence-corrected chi connectivity index (χ1v) is 11.2. The van der Waals surface area contributed by atoms with E-state index in [1.807, 2.05) is 18.7 Å². The Labute approximate surface area is 172 Å². The van der Waals surface area contributed by atoms with Gasteiger partial charge in [0.25, 0.3) is 0 Å². The molecule has 2 aromatic carbocycles. The summed E-state index contributed by atoms with van der Waals surface area (Å²) in [6.45, 7) is 9.49. The number of hydrogen-bond donors (Lipinski definition) is 0. The maximum absolute atomic E-state index is 5.93. The highest BCUT2D eigenvalue weighted by Gasteiger charge is 2.54. The first kappa shape index (κ1) is 19.7. The van der Waals surface area contributed by atoms with Gasteiger partial charge >= 0.3 is 0 Å². The SMILES string of the molecule is CCOc1ccc(Cc2cc(C3SC(C)C4OC4C3C)c(OC)cc2C)cc1. The maximum Gasteiger partial charge on any atom is 0.123 e. The van der Waals surface area contributed by atoms with Gasteiger partial charge in [0.1, 0.15) is 11.5 Å². The third-order valence-corrected chi connectivity index (χ3v) is 7.68. The van der Waals surface area contributed by atoms with Crippen LogP contribution in [0.15, 0.2) is 36.4 Å². The summed E-state index contributed by atoms with van der Waals surface area (Å²) < 4.78 is 17.3. The Hall–Kier alpha value is -1.65. The third kappa shape index (κ3) is 3.77. The Bertz CT molecular complexity index is 832. The van der Waals surface area contributed by atoms with Crippen LogP contribution in [0.3, 0.4) is 0 Å². The average Bonchev–Trinajstić information content (AvgIpc) is 3.50. The van der Waals surface area contributed by atoms with E-state index in [4.69, 9.17) is 14.2 Å². The quantitative estimate of drug-likeness (QED) is 0.595. The van der Waals surface area contributed by atoms with Crippen molar-refractivity contribution >= 4 is 11.8 Å². The Morgan fingerprint density at radius 1 is 1.07 bits per heavy atom. The van der Waals surface area contributed by atoms with Crippen LogP contribution in [0.25, 0.3) is 0 Å². The van der Waals surface area contributed by atoms with Crippen molar-refractivity contribution in [1.82, 2.24) is 0 Å². The van der Waals surface area contributed by atoms with Gasteiger partial charge in [-0.3, -0.25) is 0 Å². The van der Waals surface area contributed by atoms with E-state index < -0.39 is 0 Å². The minimum absolute atomic E-state index is 0.404. The molecule has 4 heteroatoms. The number of fused-ring (bicyclic) bond motifs is 1. The standard InChI is InChI=1S/C24H30O3S/c1-6-26-19-9-7-17(8-10-19)12-18-13-20(21(25-5)11-14(18)2)24-15(3)22-23(27-22)16(4)28-24/h7-11,13,15-16,22-24H,6,12H2,1-5H3. The van der Waals surface area contributed by atoms with E-state index in [1.54, 1.807) is 7.11 Å². The highest BCUT2D eigenvalue weighted by atomic mass is 32.2. The highest BCUT2D eigenvalue weighted by Crippen LogP contribution is 2.56. The predicted molar refractivity (Wildman–Crippen MR) is 116 cm³/mol. The first-order valence-electron chi connectivity index (χ1n) is 10.2. The Morgan fingerprint density at radius 2 is 1.82 bits per heavy atom. The lowest BCUT2D eigenvalue weighted by Gasteiger charge is -2.31. The van der Waals surface area contributed by atoms with Gasteiger partial charge in [-0.1, -0.05) is 32.0 Å².